The van der Waals surface area contributed by atoms with E-state index in [1.54, 1.807) is 52.0 Å². The topological polar surface area (TPSA) is 84.9 Å². The number of amides is 1. The monoisotopic (exact) mass is 468 g/mol. The molecule has 0 bridgehead atoms. The molecule has 2 rings (SSSR count). The highest BCUT2D eigenvalue weighted by molar-refractivity contribution is 7.89. The molecule has 0 radical (unpaired) electrons. The molecule has 7 nitrogen and oxygen atoms in total. The minimum absolute atomic E-state index is 0.00569. The number of sulfonamides is 1. The standard InChI is InChI=1S/C22H29ClN2O5S/c1-6-25(7-2)31(27,28)21-14-17(10-12-19(21)29-8-3)24-22(26)16(5)30-20-13-15(4)9-11-18(20)23/h9-14,16H,6-8H2,1-5H3,(H,24,26). The van der Waals surface area contributed by atoms with Crippen LogP contribution in [-0.4, -0.2) is 44.4 Å². The van der Waals surface area contributed by atoms with Crippen LogP contribution in [0.15, 0.2) is 41.3 Å². The van der Waals surface area contributed by atoms with Gasteiger partial charge in [-0.3, -0.25) is 4.79 Å². The van der Waals surface area contributed by atoms with Crippen molar-refractivity contribution in [3.63, 3.8) is 0 Å². The molecular weight excluding hydrogens is 440 g/mol. The Bertz CT molecular complexity index is 1020. The molecule has 2 aromatic carbocycles. The number of aryl methyl sites for hydroxylation is 1. The summed E-state index contributed by atoms with van der Waals surface area (Å²) in [7, 11) is -3.78. The first-order chi connectivity index (χ1) is 14.6. The van der Waals surface area contributed by atoms with E-state index in [1.807, 2.05) is 13.0 Å². The third-order valence-electron chi connectivity index (χ3n) is 4.59. The lowest BCUT2D eigenvalue weighted by atomic mass is 10.2. The van der Waals surface area contributed by atoms with Crippen molar-refractivity contribution in [2.24, 2.45) is 0 Å². The highest BCUT2D eigenvalue weighted by atomic mass is 35.5. The second-order valence-corrected chi connectivity index (χ2v) is 9.18. The number of hydrogen-bond donors (Lipinski definition) is 1. The van der Waals surface area contributed by atoms with E-state index in [4.69, 9.17) is 21.1 Å². The number of nitrogens with zero attached hydrogens (tertiary/aromatic N) is 1. The molecule has 0 aromatic heterocycles. The lowest BCUT2D eigenvalue weighted by Gasteiger charge is -2.21. The number of carbonyl (C=O) groups excluding carboxylic acids is 1. The highest BCUT2D eigenvalue weighted by Crippen LogP contribution is 2.30. The fourth-order valence-corrected chi connectivity index (χ4v) is 4.73. The molecule has 0 saturated heterocycles. The third-order valence-corrected chi connectivity index (χ3v) is 6.98. The summed E-state index contributed by atoms with van der Waals surface area (Å²) in [6.45, 7) is 9.76. The Balaban J connectivity index is 2.28. The average molecular weight is 469 g/mol. The molecular formula is C22H29ClN2O5S. The van der Waals surface area contributed by atoms with Gasteiger partial charge >= 0.3 is 0 Å². The first-order valence-corrected chi connectivity index (χ1v) is 12.0. The predicted octanol–water partition coefficient (Wildman–Crippen LogP) is 4.48. The number of hydrogen-bond acceptors (Lipinski definition) is 5. The molecule has 1 unspecified atom stereocenters. The quantitative estimate of drug-likeness (QED) is 0.555. The highest BCUT2D eigenvalue weighted by Gasteiger charge is 2.27. The van der Waals surface area contributed by atoms with Crippen molar-refractivity contribution in [1.82, 2.24) is 4.31 Å². The maximum absolute atomic E-state index is 13.1. The minimum atomic E-state index is -3.78. The third kappa shape index (κ3) is 6.12. The van der Waals surface area contributed by atoms with E-state index in [0.717, 1.165) is 5.56 Å². The number of halogens is 1. The minimum Gasteiger partial charge on any atom is -0.492 e. The molecule has 0 aliphatic heterocycles. The van der Waals surface area contributed by atoms with Crippen molar-refractivity contribution in [3.8, 4) is 11.5 Å². The number of benzene rings is 2. The van der Waals surface area contributed by atoms with Crippen LogP contribution in [0.25, 0.3) is 0 Å². The summed E-state index contributed by atoms with van der Waals surface area (Å²) in [5.41, 5.74) is 1.27. The van der Waals surface area contributed by atoms with E-state index >= 15 is 0 Å². The molecule has 1 amide bonds. The van der Waals surface area contributed by atoms with E-state index in [9.17, 15) is 13.2 Å². The summed E-state index contributed by atoms with van der Waals surface area (Å²) in [5, 5.41) is 3.11. The summed E-state index contributed by atoms with van der Waals surface area (Å²) < 4.78 is 38.7. The van der Waals surface area contributed by atoms with Gasteiger partial charge in [-0.25, -0.2) is 8.42 Å². The van der Waals surface area contributed by atoms with Crippen LogP contribution in [0.4, 0.5) is 5.69 Å². The van der Waals surface area contributed by atoms with Gasteiger partial charge in [0.2, 0.25) is 10.0 Å². The van der Waals surface area contributed by atoms with Crippen LogP contribution in [0, 0.1) is 6.92 Å². The zero-order valence-corrected chi connectivity index (χ0v) is 20.0. The summed E-state index contributed by atoms with van der Waals surface area (Å²) in [6, 6.07) is 9.83. The maximum atomic E-state index is 13.1. The Kier molecular flexibility index (Phi) is 8.73. The first kappa shape index (κ1) is 25.0. The smallest absolute Gasteiger partial charge is 0.265 e. The lowest BCUT2D eigenvalue weighted by molar-refractivity contribution is -0.122. The zero-order valence-electron chi connectivity index (χ0n) is 18.4. The van der Waals surface area contributed by atoms with Gasteiger partial charge in [0.15, 0.2) is 6.10 Å². The SMILES string of the molecule is CCOc1ccc(NC(=O)C(C)Oc2cc(C)ccc2Cl)cc1S(=O)(=O)N(CC)CC. The summed E-state index contributed by atoms with van der Waals surface area (Å²) >= 11 is 6.14. The molecule has 0 aliphatic carbocycles. The molecule has 1 atom stereocenters. The van der Waals surface area contributed by atoms with Gasteiger partial charge in [0.25, 0.3) is 5.91 Å². The molecule has 0 saturated carbocycles. The maximum Gasteiger partial charge on any atom is 0.265 e. The molecule has 0 spiro atoms. The van der Waals surface area contributed by atoms with Crippen LogP contribution >= 0.6 is 11.6 Å². The van der Waals surface area contributed by atoms with E-state index in [1.165, 1.54) is 10.4 Å². The van der Waals surface area contributed by atoms with Crippen molar-refractivity contribution < 1.29 is 22.7 Å². The van der Waals surface area contributed by atoms with Crippen LogP contribution in [-0.2, 0) is 14.8 Å². The Morgan fingerprint density at radius 2 is 1.77 bits per heavy atom. The lowest BCUT2D eigenvalue weighted by Crippen LogP contribution is -2.32. The van der Waals surface area contributed by atoms with E-state index < -0.39 is 22.0 Å². The van der Waals surface area contributed by atoms with E-state index in [-0.39, 0.29) is 10.6 Å². The largest absolute Gasteiger partial charge is 0.492 e. The zero-order chi connectivity index (χ0) is 23.2. The Morgan fingerprint density at radius 3 is 2.39 bits per heavy atom. The second kappa shape index (κ2) is 10.8. The van der Waals surface area contributed by atoms with Gasteiger partial charge < -0.3 is 14.8 Å². The normalized spacial score (nSPS) is 12.5. The van der Waals surface area contributed by atoms with Gasteiger partial charge in [-0.1, -0.05) is 31.5 Å². The van der Waals surface area contributed by atoms with Gasteiger partial charge in [-0.2, -0.15) is 4.31 Å². The summed E-state index contributed by atoms with van der Waals surface area (Å²) in [5.74, 6) is 0.206. The number of rotatable bonds is 10. The van der Waals surface area contributed by atoms with Gasteiger partial charge in [0, 0.05) is 18.8 Å². The van der Waals surface area contributed by atoms with Crippen molar-refractivity contribution in [2.75, 3.05) is 25.0 Å². The van der Waals surface area contributed by atoms with Crippen LogP contribution < -0.4 is 14.8 Å². The van der Waals surface area contributed by atoms with Crippen LogP contribution in [0.1, 0.15) is 33.3 Å². The molecule has 31 heavy (non-hydrogen) atoms. The summed E-state index contributed by atoms with van der Waals surface area (Å²) in [4.78, 5) is 12.7. The van der Waals surface area contributed by atoms with Crippen molar-refractivity contribution in [2.45, 2.75) is 45.6 Å². The Labute approximate surface area is 189 Å². The average Bonchev–Trinajstić information content (AvgIpc) is 2.72. The molecule has 170 valence electrons. The van der Waals surface area contributed by atoms with Crippen LogP contribution in [0.5, 0.6) is 11.5 Å². The number of anilines is 1. The second-order valence-electron chi connectivity index (χ2n) is 6.87. The molecule has 0 aliphatic rings. The Morgan fingerprint density at radius 1 is 1.10 bits per heavy atom. The first-order valence-electron chi connectivity index (χ1n) is 10.1. The van der Waals surface area contributed by atoms with Crippen LogP contribution in [0.2, 0.25) is 5.02 Å². The number of nitrogens with one attached hydrogen (secondary N) is 1. The molecule has 0 heterocycles. The molecule has 9 heteroatoms. The van der Waals surface area contributed by atoms with Crippen molar-refractivity contribution in [1.29, 1.82) is 0 Å². The van der Waals surface area contributed by atoms with Gasteiger partial charge in [-0.05, 0) is 56.7 Å². The molecule has 2 aromatic rings. The van der Waals surface area contributed by atoms with Crippen molar-refractivity contribution >= 4 is 33.2 Å². The molecule has 1 N–H and O–H groups in total. The summed E-state index contributed by atoms with van der Waals surface area (Å²) in [6.07, 6.45) is -0.853. The van der Waals surface area contributed by atoms with Gasteiger partial charge in [0.1, 0.15) is 16.4 Å². The Hall–Kier alpha value is -2.29. The van der Waals surface area contributed by atoms with Crippen molar-refractivity contribution in [3.05, 3.63) is 47.0 Å². The molecule has 0 fully saturated rings. The number of carbonyl (C=O) groups is 1. The fraction of sp³-hybridized carbons (Fsp3) is 0.409. The predicted molar refractivity (Wildman–Crippen MR) is 123 cm³/mol. The van der Waals surface area contributed by atoms with Gasteiger partial charge in [-0.15, -0.1) is 0 Å². The fourth-order valence-electron chi connectivity index (χ4n) is 2.95. The van der Waals surface area contributed by atoms with Gasteiger partial charge in [0.05, 0.1) is 11.6 Å². The van der Waals surface area contributed by atoms with E-state index in [0.29, 0.717) is 36.2 Å². The number of ether oxygens (including phenoxy) is 2. The van der Waals surface area contributed by atoms with Crippen LogP contribution in [0.3, 0.4) is 0 Å². The van der Waals surface area contributed by atoms with E-state index in [2.05, 4.69) is 5.32 Å².